The van der Waals surface area contributed by atoms with Crippen LogP contribution in [0.2, 0.25) is 0 Å². The van der Waals surface area contributed by atoms with Crippen LogP contribution < -0.4 is 0 Å². The number of esters is 3. The predicted molar refractivity (Wildman–Crippen MR) is 86.8 cm³/mol. The van der Waals surface area contributed by atoms with Crippen molar-refractivity contribution in [3.63, 3.8) is 0 Å². The van der Waals surface area contributed by atoms with E-state index >= 15 is 0 Å². The largest absolute Gasteiger partial charge is 0.459 e. The highest BCUT2D eigenvalue weighted by atomic mass is 16.6. The molecule has 1 unspecified atom stereocenters. The topological polar surface area (TPSA) is 125 Å². The fourth-order valence-electron chi connectivity index (χ4n) is 2.10. The molecule has 146 valence electrons. The van der Waals surface area contributed by atoms with E-state index in [-0.39, 0.29) is 12.8 Å². The van der Waals surface area contributed by atoms with Gasteiger partial charge >= 0.3 is 17.9 Å². The molecule has 0 aromatic rings. The van der Waals surface area contributed by atoms with Crippen LogP contribution in [0.15, 0.2) is 12.2 Å². The smallest absolute Gasteiger partial charge is 0.336 e. The van der Waals surface area contributed by atoms with Crippen LogP contribution in [-0.4, -0.2) is 66.4 Å². The quantitative estimate of drug-likeness (QED) is 0.503. The highest BCUT2D eigenvalue weighted by molar-refractivity contribution is 5.90. The Morgan fingerprint density at radius 1 is 1.04 bits per heavy atom. The van der Waals surface area contributed by atoms with Crippen LogP contribution in [0.5, 0.6) is 0 Å². The molecule has 1 rings (SSSR count). The van der Waals surface area contributed by atoms with Crippen molar-refractivity contribution in [2.75, 3.05) is 7.11 Å². The Hall–Kier alpha value is -2.26. The molecule has 0 aromatic carbocycles. The summed E-state index contributed by atoms with van der Waals surface area (Å²) < 4.78 is 20.0. The Morgan fingerprint density at radius 3 is 2.31 bits per heavy atom. The Morgan fingerprint density at radius 2 is 1.69 bits per heavy atom. The number of cyclic esters (lactones) is 3. The minimum Gasteiger partial charge on any atom is -0.459 e. The van der Waals surface area contributed by atoms with Crippen molar-refractivity contribution < 1.29 is 43.2 Å². The van der Waals surface area contributed by atoms with Crippen LogP contribution in [0.3, 0.4) is 0 Å². The van der Waals surface area contributed by atoms with Gasteiger partial charge in [-0.1, -0.05) is 0 Å². The summed E-state index contributed by atoms with van der Waals surface area (Å²) >= 11 is 0. The van der Waals surface area contributed by atoms with Crippen molar-refractivity contribution in [1.82, 2.24) is 0 Å². The van der Waals surface area contributed by atoms with Gasteiger partial charge in [0.2, 0.25) is 0 Å². The molecular formula is C17H24O9. The third-order valence-electron chi connectivity index (χ3n) is 3.68. The number of ketones is 1. The van der Waals surface area contributed by atoms with E-state index < -0.39 is 54.2 Å². The number of carbonyl (C=O) groups excluding carboxylic acids is 4. The van der Waals surface area contributed by atoms with E-state index in [4.69, 9.17) is 18.9 Å². The first-order valence-electron chi connectivity index (χ1n) is 8.16. The Kier molecular flexibility index (Phi) is 8.40. The first kappa shape index (κ1) is 21.8. The third kappa shape index (κ3) is 6.93. The number of aliphatic hydroxyl groups excluding tert-OH is 1. The zero-order valence-corrected chi connectivity index (χ0v) is 15.2. The van der Waals surface area contributed by atoms with Crippen molar-refractivity contribution in [3.8, 4) is 0 Å². The summed E-state index contributed by atoms with van der Waals surface area (Å²) in [6, 6.07) is 0. The van der Waals surface area contributed by atoms with Gasteiger partial charge in [0, 0.05) is 19.6 Å². The number of methoxy groups -OCH3 is 1. The molecule has 0 radical (unpaired) electrons. The van der Waals surface area contributed by atoms with E-state index in [0.29, 0.717) is 0 Å². The lowest BCUT2D eigenvalue weighted by Gasteiger charge is -2.22. The van der Waals surface area contributed by atoms with E-state index in [2.05, 4.69) is 0 Å². The highest BCUT2D eigenvalue weighted by Gasteiger charge is 2.30. The summed E-state index contributed by atoms with van der Waals surface area (Å²) in [5, 5.41) is 9.93. The van der Waals surface area contributed by atoms with E-state index in [1.54, 1.807) is 0 Å². The average molecular weight is 372 g/mol. The van der Waals surface area contributed by atoms with Gasteiger partial charge in [-0.05, 0) is 26.8 Å². The molecule has 0 aliphatic carbocycles. The molecule has 0 bridgehead atoms. The maximum absolute atomic E-state index is 12.1. The molecule has 1 heterocycles. The second-order valence-corrected chi connectivity index (χ2v) is 5.97. The van der Waals surface area contributed by atoms with Gasteiger partial charge in [-0.2, -0.15) is 0 Å². The molecule has 9 nitrogen and oxygen atoms in total. The normalized spacial score (nSPS) is 33.8. The lowest BCUT2D eigenvalue weighted by molar-refractivity contribution is -0.167. The molecule has 26 heavy (non-hydrogen) atoms. The Labute approximate surface area is 151 Å². The van der Waals surface area contributed by atoms with Gasteiger partial charge in [-0.3, -0.25) is 9.59 Å². The lowest BCUT2D eigenvalue weighted by Crippen LogP contribution is -2.37. The molecule has 1 N–H and O–H groups in total. The van der Waals surface area contributed by atoms with Crippen LogP contribution in [-0.2, 0) is 38.1 Å². The van der Waals surface area contributed by atoms with Crippen LogP contribution >= 0.6 is 0 Å². The standard InChI is InChI=1S/C17H24O9/c1-9-7-16(21)25-11(3)13(19)8-14(23-4)17(22)26-10(2)12(18)5-6-15(20)24-9/h5-6,9-12,14,18H,7-8H2,1-4H3/b6-5+/t9-,10-,11-,12+,14?/m0/s1. The summed E-state index contributed by atoms with van der Waals surface area (Å²) in [5.41, 5.74) is 0. The highest BCUT2D eigenvalue weighted by Crippen LogP contribution is 2.11. The first-order chi connectivity index (χ1) is 12.1. The van der Waals surface area contributed by atoms with E-state index in [1.807, 2.05) is 0 Å². The van der Waals surface area contributed by atoms with Crippen LogP contribution in [0.1, 0.15) is 33.6 Å². The summed E-state index contributed by atoms with van der Waals surface area (Å²) in [5.74, 6) is -2.91. The zero-order valence-electron chi connectivity index (χ0n) is 15.2. The maximum Gasteiger partial charge on any atom is 0.336 e. The number of rotatable bonds is 1. The van der Waals surface area contributed by atoms with Gasteiger partial charge < -0.3 is 24.1 Å². The molecular weight excluding hydrogens is 348 g/mol. The third-order valence-corrected chi connectivity index (χ3v) is 3.68. The first-order valence-corrected chi connectivity index (χ1v) is 8.16. The number of hydrogen-bond donors (Lipinski definition) is 1. The van der Waals surface area contributed by atoms with Crippen LogP contribution in [0.4, 0.5) is 0 Å². The summed E-state index contributed by atoms with van der Waals surface area (Å²) in [6.45, 7) is 4.28. The van der Waals surface area contributed by atoms with Gasteiger partial charge in [-0.15, -0.1) is 0 Å². The van der Waals surface area contributed by atoms with Crippen molar-refractivity contribution in [1.29, 1.82) is 0 Å². The summed E-state index contributed by atoms with van der Waals surface area (Å²) in [6.07, 6.45) is -3.88. The molecule has 0 aromatic heterocycles. The van der Waals surface area contributed by atoms with Crippen molar-refractivity contribution in [3.05, 3.63) is 12.2 Å². The minimum atomic E-state index is -1.27. The number of aliphatic hydroxyl groups is 1. The number of Topliss-reactive ketones (excluding diaryl/α,β-unsaturated/α-hetero) is 1. The van der Waals surface area contributed by atoms with Gasteiger partial charge in [0.15, 0.2) is 18.0 Å². The zero-order chi connectivity index (χ0) is 19.9. The minimum absolute atomic E-state index is 0.244. The molecule has 0 saturated heterocycles. The maximum atomic E-state index is 12.1. The van der Waals surface area contributed by atoms with Crippen LogP contribution in [0.25, 0.3) is 0 Å². The van der Waals surface area contributed by atoms with Gasteiger partial charge in [0.25, 0.3) is 0 Å². The average Bonchev–Trinajstić information content (AvgIpc) is 2.55. The monoisotopic (exact) mass is 372 g/mol. The predicted octanol–water partition coefficient (Wildman–Crippen LogP) is 0.0765. The van der Waals surface area contributed by atoms with Crippen LogP contribution in [0, 0.1) is 0 Å². The molecule has 0 fully saturated rings. The van der Waals surface area contributed by atoms with Crippen molar-refractivity contribution >= 4 is 23.7 Å². The van der Waals surface area contributed by atoms with E-state index in [0.717, 1.165) is 12.2 Å². The molecule has 0 amide bonds. The second kappa shape index (κ2) is 10.0. The molecule has 9 heteroatoms. The van der Waals surface area contributed by atoms with Gasteiger partial charge in [0.05, 0.1) is 6.42 Å². The molecule has 0 saturated carbocycles. The number of ether oxygens (including phenoxy) is 4. The fourth-order valence-corrected chi connectivity index (χ4v) is 2.10. The van der Waals surface area contributed by atoms with Gasteiger partial charge in [-0.25, -0.2) is 9.59 Å². The molecule has 5 atom stereocenters. The van der Waals surface area contributed by atoms with E-state index in [9.17, 15) is 24.3 Å². The Bertz CT molecular complexity index is 569. The Balaban J connectivity index is 3.00. The molecule has 0 spiro atoms. The fraction of sp³-hybridized carbons (Fsp3) is 0.647. The molecule has 1 aliphatic heterocycles. The number of hydrogen-bond acceptors (Lipinski definition) is 9. The summed E-state index contributed by atoms with van der Waals surface area (Å²) in [4.78, 5) is 47.7. The van der Waals surface area contributed by atoms with Gasteiger partial charge in [0.1, 0.15) is 18.3 Å². The SMILES string of the molecule is COC1CC(=O)[C@H](C)OC(=O)C[C@H](C)OC(=O)/C=C/[C@@H](O)[C@H](C)OC1=O. The molecule has 1 aliphatic rings. The number of carbonyl (C=O) groups is 4. The summed E-state index contributed by atoms with van der Waals surface area (Å²) in [7, 11) is 1.23. The van der Waals surface area contributed by atoms with E-state index in [1.165, 1.54) is 27.9 Å². The van der Waals surface area contributed by atoms with Crippen molar-refractivity contribution in [2.24, 2.45) is 0 Å². The second-order valence-electron chi connectivity index (χ2n) is 5.97. The lowest BCUT2D eigenvalue weighted by atomic mass is 10.1. The van der Waals surface area contributed by atoms with Crippen molar-refractivity contribution in [2.45, 2.75) is 64.1 Å².